The molecule has 0 saturated heterocycles. The Balaban J connectivity index is 2.45. The van der Waals surface area contributed by atoms with Crippen molar-refractivity contribution < 1.29 is 4.42 Å². The number of aryl methyl sites for hydroxylation is 1. The van der Waals surface area contributed by atoms with Gasteiger partial charge >= 0.3 is 0 Å². The van der Waals surface area contributed by atoms with Crippen molar-refractivity contribution in [3.8, 4) is 11.3 Å². The molecule has 2 aromatic rings. The van der Waals surface area contributed by atoms with Crippen molar-refractivity contribution in [1.82, 2.24) is 10.3 Å². The molecule has 84 valence electrons. The number of oxazole rings is 1. The molecule has 1 heterocycles. The fourth-order valence-corrected chi connectivity index (χ4v) is 1.83. The summed E-state index contributed by atoms with van der Waals surface area (Å²) in [6.07, 6.45) is 2.50. The molecule has 3 heteroatoms. The van der Waals surface area contributed by atoms with E-state index in [4.69, 9.17) is 4.42 Å². The predicted octanol–water partition coefficient (Wildman–Crippen LogP) is 2.62. The first-order chi connectivity index (χ1) is 7.86. The molecule has 3 nitrogen and oxygen atoms in total. The van der Waals surface area contributed by atoms with E-state index in [1.165, 1.54) is 12.0 Å². The molecule has 1 N–H and O–H groups in total. The average Bonchev–Trinajstić information content (AvgIpc) is 2.77. The number of benzene rings is 1. The third-order valence-corrected chi connectivity index (χ3v) is 2.63. The van der Waals surface area contributed by atoms with Gasteiger partial charge in [-0.25, -0.2) is 4.98 Å². The van der Waals surface area contributed by atoms with E-state index in [9.17, 15) is 0 Å². The summed E-state index contributed by atoms with van der Waals surface area (Å²) < 4.78 is 5.49. The van der Waals surface area contributed by atoms with Crippen molar-refractivity contribution in [2.75, 3.05) is 7.05 Å². The van der Waals surface area contributed by atoms with Gasteiger partial charge in [-0.2, -0.15) is 0 Å². The molecule has 0 radical (unpaired) electrons. The van der Waals surface area contributed by atoms with Crippen LogP contribution in [-0.4, -0.2) is 12.0 Å². The Labute approximate surface area is 95.5 Å². The predicted molar refractivity (Wildman–Crippen MR) is 64.1 cm³/mol. The number of rotatable bonds is 4. The highest BCUT2D eigenvalue weighted by atomic mass is 16.3. The molecule has 16 heavy (non-hydrogen) atoms. The third-order valence-electron chi connectivity index (χ3n) is 2.63. The minimum absolute atomic E-state index is 0.726. The Kier molecular flexibility index (Phi) is 3.37. The van der Waals surface area contributed by atoms with Gasteiger partial charge < -0.3 is 9.73 Å². The molecule has 0 bridgehead atoms. The fraction of sp³-hybridized carbons (Fsp3) is 0.308. The van der Waals surface area contributed by atoms with Crippen molar-refractivity contribution >= 4 is 0 Å². The summed E-state index contributed by atoms with van der Waals surface area (Å²) in [5.74, 6) is 0.881. The monoisotopic (exact) mass is 216 g/mol. The van der Waals surface area contributed by atoms with Gasteiger partial charge in [-0.3, -0.25) is 0 Å². The Bertz CT molecular complexity index is 462. The minimum Gasteiger partial charge on any atom is -0.443 e. The lowest BCUT2D eigenvalue weighted by Crippen LogP contribution is -2.06. The smallest absolute Gasteiger partial charge is 0.181 e. The van der Waals surface area contributed by atoms with E-state index in [0.717, 1.165) is 30.0 Å². The Morgan fingerprint density at radius 1 is 1.31 bits per heavy atom. The first-order valence-electron chi connectivity index (χ1n) is 5.52. The van der Waals surface area contributed by atoms with Crippen molar-refractivity contribution in [3.05, 3.63) is 41.9 Å². The van der Waals surface area contributed by atoms with Gasteiger partial charge in [-0.15, -0.1) is 0 Å². The van der Waals surface area contributed by atoms with Crippen LogP contribution < -0.4 is 5.32 Å². The molecule has 0 atom stereocenters. The van der Waals surface area contributed by atoms with E-state index >= 15 is 0 Å². The second kappa shape index (κ2) is 4.94. The lowest BCUT2D eigenvalue weighted by molar-refractivity contribution is 0.569. The van der Waals surface area contributed by atoms with Gasteiger partial charge in [0.25, 0.3) is 0 Å². The van der Waals surface area contributed by atoms with E-state index in [1.807, 2.05) is 13.1 Å². The van der Waals surface area contributed by atoms with Crippen LogP contribution >= 0.6 is 0 Å². The zero-order valence-electron chi connectivity index (χ0n) is 9.66. The van der Waals surface area contributed by atoms with Crippen LogP contribution in [0.25, 0.3) is 11.3 Å². The summed E-state index contributed by atoms with van der Waals surface area (Å²) in [5.41, 5.74) is 3.40. The number of nitrogens with one attached hydrogen (secondary N) is 1. The van der Waals surface area contributed by atoms with Crippen molar-refractivity contribution in [1.29, 1.82) is 0 Å². The molecule has 0 spiro atoms. The number of hydrogen-bond acceptors (Lipinski definition) is 3. The Morgan fingerprint density at radius 3 is 2.88 bits per heavy atom. The summed E-state index contributed by atoms with van der Waals surface area (Å²) in [6, 6.07) is 8.29. The summed E-state index contributed by atoms with van der Waals surface area (Å²) >= 11 is 0. The number of nitrogens with zero attached hydrogens (tertiary/aromatic N) is 1. The maximum Gasteiger partial charge on any atom is 0.181 e. The van der Waals surface area contributed by atoms with E-state index in [2.05, 4.69) is 35.4 Å². The van der Waals surface area contributed by atoms with E-state index in [-0.39, 0.29) is 0 Å². The average molecular weight is 216 g/mol. The lowest BCUT2D eigenvalue weighted by Gasteiger charge is -2.06. The van der Waals surface area contributed by atoms with Gasteiger partial charge in [-0.1, -0.05) is 31.2 Å². The lowest BCUT2D eigenvalue weighted by atomic mass is 10.0. The molecule has 0 aliphatic heterocycles. The van der Waals surface area contributed by atoms with E-state index < -0.39 is 0 Å². The molecule has 2 rings (SSSR count). The second-order valence-corrected chi connectivity index (χ2v) is 3.67. The largest absolute Gasteiger partial charge is 0.443 e. The first kappa shape index (κ1) is 10.9. The second-order valence-electron chi connectivity index (χ2n) is 3.67. The molecular weight excluding hydrogens is 200 g/mol. The maximum absolute atomic E-state index is 5.49. The standard InChI is InChI=1S/C13H16N2O/c1-3-10-6-4-5-7-11(10)13-12(8-14-2)15-9-16-13/h4-7,9,14H,3,8H2,1-2H3. The van der Waals surface area contributed by atoms with Crippen LogP contribution in [0.4, 0.5) is 0 Å². The van der Waals surface area contributed by atoms with Gasteiger partial charge in [0.2, 0.25) is 0 Å². The Morgan fingerprint density at radius 2 is 2.12 bits per heavy atom. The summed E-state index contributed by atoms with van der Waals surface area (Å²) in [7, 11) is 1.91. The highest BCUT2D eigenvalue weighted by Gasteiger charge is 2.12. The van der Waals surface area contributed by atoms with Gasteiger partial charge in [0.05, 0.1) is 0 Å². The zero-order chi connectivity index (χ0) is 11.4. The summed E-state index contributed by atoms with van der Waals surface area (Å²) in [5, 5.41) is 3.10. The van der Waals surface area contributed by atoms with Gasteiger partial charge in [0, 0.05) is 12.1 Å². The molecule has 0 amide bonds. The molecule has 0 fully saturated rings. The normalized spacial score (nSPS) is 10.6. The SMILES string of the molecule is CCc1ccccc1-c1ocnc1CNC. The maximum atomic E-state index is 5.49. The molecule has 1 aromatic heterocycles. The van der Waals surface area contributed by atoms with Crippen LogP contribution in [0.1, 0.15) is 18.2 Å². The fourth-order valence-electron chi connectivity index (χ4n) is 1.83. The molecular formula is C13H16N2O. The number of aromatic nitrogens is 1. The van der Waals surface area contributed by atoms with Crippen molar-refractivity contribution in [3.63, 3.8) is 0 Å². The zero-order valence-corrected chi connectivity index (χ0v) is 9.66. The topological polar surface area (TPSA) is 38.1 Å². The highest BCUT2D eigenvalue weighted by Crippen LogP contribution is 2.26. The Hall–Kier alpha value is -1.61. The van der Waals surface area contributed by atoms with Crippen molar-refractivity contribution in [2.45, 2.75) is 19.9 Å². The summed E-state index contributed by atoms with van der Waals surface area (Å²) in [6.45, 7) is 2.87. The van der Waals surface area contributed by atoms with Crippen LogP contribution in [0.2, 0.25) is 0 Å². The highest BCUT2D eigenvalue weighted by molar-refractivity contribution is 5.64. The molecule has 0 unspecified atom stereocenters. The van der Waals surface area contributed by atoms with Gasteiger partial charge in [0.15, 0.2) is 12.2 Å². The minimum atomic E-state index is 0.726. The molecule has 0 saturated carbocycles. The quantitative estimate of drug-likeness (QED) is 0.853. The van der Waals surface area contributed by atoms with Crippen LogP contribution in [0.5, 0.6) is 0 Å². The van der Waals surface area contributed by atoms with Crippen LogP contribution in [-0.2, 0) is 13.0 Å². The van der Waals surface area contributed by atoms with Crippen molar-refractivity contribution in [2.24, 2.45) is 0 Å². The van der Waals surface area contributed by atoms with Gasteiger partial charge in [0.1, 0.15) is 5.69 Å². The van der Waals surface area contributed by atoms with Gasteiger partial charge in [-0.05, 0) is 19.0 Å². The third kappa shape index (κ3) is 1.99. The van der Waals surface area contributed by atoms with E-state index in [1.54, 1.807) is 0 Å². The summed E-state index contributed by atoms with van der Waals surface area (Å²) in [4.78, 5) is 4.23. The van der Waals surface area contributed by atoms with Crippen LogP contribution in [0.3, 0.4) is 0 Å². The molecule has 1 aromatic carbocycles. The van der Waals surface area contributed by atoms with Crippen LogP contribution in [0.15, 0.2) is 35.1 Å². The van der Waals surface area contributed by atoms with Crippen LogP contribution in [0, 0.1) is 0 Å². The number of hydrogen-bond donors (Lipinski definition) is 1. The van der Waals surface area contributed by atoms with E-state index in [0.29, 0.717) is 0 Å². The first-order valence-corrected chi connectivity index (χ1v) is 5.52. The molecule has 0 aliphatic carbocycles. The molecule has 0 aliphatic rings.